The lowest BCUT2D eigenvalue weighted by molar-refractivity contribution is -0.137. The van der Waals surface area contributed by atoms with Crippen LogP contribution in [-0.2, 0) is 16.0 Å². The third-order valence-electron chi connectivity index (χ3n) is 7.00. The highest BCUT2D eigenvalue weighted by Crippen LogP contribution is 2.34. The van der Waals surface area contributed by atoms with Crippen molar-refractivity contribution in [1.29, 1.82) is 0 Å². The van der Waals surface area contributed by atoms with Crippen molar-refractivity contribution in [1.82, 2.24) is 4.57 Å². The number of carbonyl (C=O) groups is 1. The Kier molecular flexibility index (Phi) is 7.84. The molecule has 0 atom stereocenters. The van der Waals surface area contributed by atoms with E-state index in [0.717, 1.165) is 31.2 Å². The van der Waals surface area contributed by atoms with E-state index in [0.29, 0.717) is 48.2 Å². The van der Waals surface area contributed by atoms with Crippen molar-refractivity contribution >= 4 is 22.6 Å². The topological polar surface area (TPSA) is 60.3 Å². The molecule has 1 N–H and O–H groups in total. The van der Waals surface area contributed by atoms with Crippen LogP contribution in [0.3, 0.4) is 0 Å². The summed E-state index contributed by atoms with van der Waals surface area (Å²) in [6.45, 7) is 2.10. The standard InChI is InChI=1S/C27H35FN2O3/c1-2-33-26(31)15-9-6-10-19-18-30(21-13-7-8-14-21)25-17-24(23(28)16-22(25)27(19)32)29-20-11-4-3-5-12-20/h9,15-18,20-21,29H,2-8,10-14H2,1H3/b15-9+. The number of halogens is 1. The van der Waals surface area contributed by atoms with E-state index in [2.05, 4.69) is 9.88 Å². The number of pyridine rings is 1. The number of nitrogens with one attached hydrogen (secondary N) is 1. The molecule has 0 radical (unpaired) electrons. The van der Waals surface area contributed by atoms with Crippen LogP contribution in [0, 0.1) is 5.82 Å². The van der Waals surface area contributed by atoms with Crippen LogP contribution in [0.2, 0.25) is 0 Å². The first-order valence-corrected chi connectivity index (χ1v) is 12.5. The van der Waals surface area contributed by atoms with Crippen molar-refractivity contribution in [2.24, 2.45) is 0 Å². The summed E-state index contributed by atoms with van der Waals surface area (Å²) in [7, 11) is 0. The van der Waals surface area contributed by atoms with E-state index in [1.54, 1.807) is 13.0 Å². The number of anilines is 1. The van der Waals surface area contributed by atoms with E-state index in [9.17, 15) is 9.59 Å². The summed E-state index contributed by atoms with van der Waals surface area (Å²) in [6.07, 6.45) is 16.4. The fourth-order valence-corrected chi connectivity index (χ4v) is 5.28. The van der Waals surface area contributed by atoms with Gasteiger partial charge >= 0.3 is 5.97 Å². The lowest BCUT2D eigenvalue weighted by Gasteiger charge is -2.25. The van der Waals surface area contributed by atoms with Crippen LogP contribution in [0.5, 0.6) is 0 Å². The second kappa shape index (κ2) is 11.0. The van der Waals surface area contributed by atoms with E-state index in [1.807, 2.05) is 12.3 Å². The van der Waals surface area contributed by atoms with E-state index in [4.69, 9.17) is 4.74 Å². The van der Waals surface area contributed by atoms with Gasteiger partial charge in [0.25, 0.3) is 0 Å². The van der Waals surface area contributed by atoms with Crippen molar-refractivity contribution in [2.75, 3.05) is 11.9 Å². The molecule has 2 fully saturated rings. The maximum Gasteiger partial charge on any atom is 0.330 e. The van der Waals surface area contributed by atoms with Gasteiger partial charge in [-0.1, -0.05) is 38.2 Å². The number of hydrogen-bond donors (Lipinski definition) is 1. The summed E-state index contributed by atoms with van der Waals surface area (Å²) >= 11 is 0. The van der Waals surface area contributed by atoms with Crippen molar-refractivity contribution in [3.05, 3.63) is 52.1 Å². The third kappa shape index (κ3) is 5.66. The van der Waals surface area contributed by atoms with Crippen molar-refractivity contribution < 1.29 is 13.9 Å². The molecule has 4 rings (SSSR count). The first-order valence-electron chi connectivity index (χ1n) is 12.5. The summed E-state index contributed by atoms with van der Waals surface area (Å²) in [5, 5.41) is 3.86. The van der Waals surface area contributed by atoms with Crippen LogP contribution >= 0.6 is 0 Å². The predicted molar refractivity (Wildman–Crippen MR) is 130 cm³/mol. The lowest BCUT2D eigenvalue weighted by atomic mass is 9.95. The number of carbonyl (C=O) groups excluding carboxylic acids is 1. The molecule has 0 aliphatic heterocycles. The van der Waals surface area contributed by atoms with E-state index < -0.39 is 0 Å². The van der Waals surface area contributed by atoms with E-state index in [-0.39, 0.29) is 17.2 Å². The van der Waals surface area contributed by atoms with Gasteiger partial charge in [0.2, 0.25) is 0 Å². The van der Waals surface area contributed by atoms with Gasteiger partial charge < -0.3 is 14.6 Å². The molecule has 6 heteroatoms. The molecule has 2 saturated carbocycles. The summed E-state index contributed by atoms with van der Waals surface area (Å²) in [5.74, 6) is -0.734. The molecule has 1 aromatic carbocycles. The van der Waals surface area contributed by atoms with Crippen LogP contribution in [-0.4, -0.2) is 23.2 Å². The highest BCUT2D eigenvalue weighted by molar-refractivity contribution is 5.84. The second-order valence-electron chi connectivity index (χ2n) is 9.35. The lowest BCUT2D eigenvalue weighted by Crippen LogP contribution is -2.23. The van der Waals surface area contributed by atoms with Gasteiger partial charge in [0, 0.05) is 35.3 Å². The Labute approximate surface area is 195 Å². The maximum absolute atomic E-state index is 15.1. The number of ether oxygens (including phenoxy) is 1. The largest absolute Gasteiger partial charge is 0.463 e. The Bertz CT molecular complexity index is 1060. The van der Waals surface area contributed by atoms with Gasteiger partial charge in [-0.25, -0.2) is 9.18 Å². The van der Waals surface area contributed by atoms with Crippen LogP contribution in [0.4, 0.5) is 10.1 Å². The highest BCUT2D eigenvalue weighted by atomic mass is 19.1. The minimum atomic E-state index is -0.376. The average molecular weight is 455 g/mol. The molecule has 0 amide bonds. The predicted octanol–water partition coefficient (Wildman–Crippen LogP) is 6.05. The number of fused-ring (bicyclic) bond motifs is 1. The fourth-order valence-electron chi connectivity index (χ4n) is 5.28. The van der Waals surface area contributed by atoms with Crippen molar-refractivity contribution in [2.45, 2.75) is 89.6 Å². The quantitative estimate of drug-likeness (QED) is 0.389. The number of rotatable bonds is 8. The highest BCUT2D eigenvalue weighted by Gasteiger charge is 2.22. The monoisotopic (exact) mass is 454 g/mol. The number of benzene rings is 1. The normalized spacial score (nSPS) is 17.8. The second-order valence-corrected chi connectivity index (χ2v) is 9.35. The molecule has 1 heterocycles. The van der Waals surface area contributed by atoms with Gasteiger partial charge in [-0.05, 0) is 57.6 Å². The van der Waals surface area contributed by atoms with Crippen LogP contribution in [0.25, 0.3) is 10.9 Å². The van der Waals surface area contributed by atoms with Gasteiger partial charge in [-0.15, -0.1) is 0 Å². The summed E-state index contributed by atoms with van der Waals surface area (Å²) in [6, 6.07) is 3.90. The first-order chi connectivity index (χ1) is 16.1. The molecule has 0 saturated heterocycles. The van der Waals surface area contributed by atoms with Crippen LogP contribution in [0.1, 0.15) is 82.7 Å². The van der Waals surface area contributed by atoms with Gasteiger partial charge in [0.15, 0.2) is 5.43 Å². The maximum atomic E-state index is 15.1. The number of aryl methyl sites for hydroxylation is 1. The Morgan fingerprint density at radius 2 is 1.88 bits per heavy atom. The number of esters is 1. The molecule has 5 nitrogen and oxygen atoms in total. The van der Waals surface area contributed by atoms with Gasteiger partial charge in [-0.2, -0.15) is 0 Å². The molecule has 0 spiro atoms. The number of allylic oxidation sites excluding steroid dienone is 1. The van der Waals surface area contributed by atoms with Crippen LogP contribution < -0.4 is 10.7 Å². The van der Waals surface area contributed by atoms with E-state index in [1.165, 1.54) is 44.2 Å². The molecule has 2 aliphatic carbocycles. The summed E-state index contributed by atoms with van der Waals surface area (Å²) < 4.78 is 22.2. The number of nitrogens with zero attached hydrogens (tertiary/aromatic N) is 1. The minimum absolute atomic E-state index is 0.119. The molecule has 178 valence electrons. The van der Waals surface area contributed by atoms with Crippen molar-refractivity contribution in [3.63, 3.8) is 0 Å². The molecule has 0 bridgehead atoms. The average Bonchev–Trinajstić information content (AvgIpc) is 3.35. The Hall–Kier alpha value is -2.63. The third-order valence-corrected chi connectivity index (χ3v) is 7.00. The fraction of sp³-hybridized carbons (Fsp3) is 0.556. The van der Waals surface area contributed by atoms with Gasteiger partial charge in [0.05, 0.1) is 17.8 Å². The molecular weight excluding hydrogens is 419 g/mol. The number of hydrogen-bond acceptors (Lipinski definition) is 4. The SMILES string of the molecule is CCOC(=O)/C=C/CCc1cn(C2CCCC2)c2cc(NC3CCCCC3)c(F)cc2c1=O. The molecular formula is C27H35FN2O3. The van der Waals surface area contributed by atoms with Crippen LogP contribution in [0.15, 0.2) is 35.3 Å². The van der Waals surface area contributed by atoms with Gasteiger partial charge in [0.1, 0.15) is 5.82 Å². The Balaban J connectivity index is 1.66. The zero-order chi connectivity index (χ0) is 23.2. The Morgan fingerprint density at radius 1 is 1.15 bits per heavy atom. The Morgan fingerprint density at radius 3 is 2.61 bits per heavy atom. The van der Waals surface area contributed by atoms with Crippen molar-refractivity contribution in [3.8, 4) is 0 Å². The van der Waals surface area contributed by atoms with E-state index >= 15 is 4.39 Å². The summed E-state index contributed by atoms with van der Waals surface area (Å²) in [5.41, 5.74) is 1.87. The summed E-state index contributed by atoms with van der Waals surface area (Å²) in [4.78, 5) is 24.8. The minimum Gasteiger partial charge on any atom is -0.463 e. The molecule has 2 aromatic rings. The zero-order valence-electron chi connectivity index (χ0n) is 19.6. The first kappa shape index (κ1) is 23.5. The zero-order valence-corrected chi connectivity index (χ0v) is 19.6. The molecule has 2 aliphatic rings. The molecule has 33 heavy (non-hydrogen) atoms. The molecule has 1 aromatic heterocycles. The smallest absolute Gasteiger partial charge is 0.330 e. The molecule has 0 unspecified atom stereocenters. The van der Waals surface area contributed by atoms with Gasteiger partial charge in [-0.3, -0.25) is 4.79 Å². The number of aromatic nitrogens is 1.